The van der Waals surface area contributed by atoms with Gasteiger partial charge in [0, 0.05) is 0 Å². The highest BCUT2D eigenvalue weighted by Gasteiger charge is 2.14. The first-order valence-corrected chi connectivity index (χ1v) is 7.50. The minimum atomic E-state index is -0.720. The number of anilines is 1. The zero-order chi connectivity index (χ0) is 18.4. The number of rotatable bonds is 5. The van der Waals surface area contributed by atoms with Gasteiger partial charge in [-0.1, -0.05) is 23.7 Å². The molecule has 0 unspecified atom stereocenters. The van der Waals surface area contributed by atoms with E-state index in [2.05, 4.69) is 15.4 Å². The van der Waals surface area contributed by atoms with Crippen LogP contribution in [0, 0.1) is 5.82 Å². The van der Waals surface area contributed by atoms with Crippen molar-refractivity contribution in [2.75, 3.05) is 19.0 Å². The van der Waals surface area contributed by atoms with E-state index in [4.69, 9.17) is 11.6 Å². The highest BCUT2D eigenvalue weighted by Crippen LogP contribution is 2.23. The first-order valence-electron chi connectivity index (χ1n) is 7.13. The summed E-state index contributed by atoms with van der Waals surface area (Å²) in [5.41, 5.74) is 0.230. The number of methoxy groups -OCH3 is 1. The first kappa shape index (κ1) is 18.4. The van der Waals surface area contributed by atoms with Gasteiger partial charge >= 0.3 is 5.97 Å². The van der Waals surface area contributed by atoms with E-state index in [9.17, 15) is 18.8 Å². The molecule has 0 saturated heterocycles. The Morgan fingerprint density at radius 1 is 1.16 bits per heavy atom. The third-order valence-corrected chi connectivity index (χ3v) is 3.52. The van der Waals surface area contributed by atoms with Crippen molar-refractivity contribution in [3.05, 3.63) is 64.4 Å². The van der Waals surface area contributed by atoms with E-state index in [1.807, 2.05) is 0 Å². The predicted molar refractivity (Wildman–Crippen MR) is 90.2 cm³/mol. The zero-order valence-corrected chi connectivity index (χ0v) is 13.9. The number of carbonyl (C=O) groups is 3. The molecule has 2 aromatic rings. The topological polar surface area (TPSA) is 84.5 Å². The lowest BCUT2D eigenvalue weighted by atomic mass is 10.2. The van der Waals surface area contributed by atoms with Crippen molar-refractivity contribution < 1.29 is 23.5 Å². The van der Waals surface area contributed by atoms with Crippen molar-refractivity contribution in [2.24, 2.45) is 0 Å². The highest BCUT2D eigenvalue weighted by atomic mass is 35.5. The summed E-state index contributed by atoms with van der Waals surface area (Å²) in [7, 11) is 1.23. The molecule has 0 bridgehead atoms. The Bertz CT molecular complexity index is 826. The molecule has 0 fully saturated rings. The summed E-state index contributed by atoms with van der Waals surface area (Å²) >= 11 is 5.96. The molecular formula is C17H14ClFN2O4. The summed E-state index contributed by atoms with van der Waals surface area (Å²) in [6, 6.07) is 9.65. The summed E-state index contributed by atoms with van der Waals surface area (Å²) in [6.45, 7) is -0.397. The van der Waals surface area contributed by atoms with E-state index >= 15 is 0 Å². The number of ether oxygens (including phenoxy) is 1. The number of hydrogen-bond donors (Lipinski definition) is 2. The first-order chi connectivity index (χ1) is 11.9. The molecule has 0 aliphatic heterocycles. The molecule has 130 valence electrons. The molecule has 25 heavy (non-hydrogen) atoms. The van der Waals surface area contributed by atoms with E-state index in [-0.39, 0.29) is 21.8 Å². The van der Waals surface area contributed by atoms with Gasteiger partial charge in [-0.2, -0.15) is 0 Å². The molecule has 0 radical (unpaired) electrons. The lowest BCUT2D eigenvalue weighted by molar-refractivity contribution is -0.115. The maximum Gasteiger partial charge on any atom is 0.337 e. The molecular weight excluding hydrogens is 351 g/mol. The van der Waals surface area contributed by atoms with Crippen molar-refractivity contribution in [3.63, 3.8) is 0 Å². The minimum Gasteiger partial charge on any atom is -0.465 e. The van der Waals surface area contributed by atoms with Crippen LogP contribution in [0.5, 0.6) is 0 Å². The van der Waals surface area contributed by atoms with Crippen LogP contribution in [0.15, 0.2) is 42.5 Å². The van der Waals surface area contributed by atoms with Crippen molar-refractivity contribution in [1.29, 1.82) is 0 Å². The highest BCUT2D eigenvalue weighted by molar-refractivity contribution is 6.33. The standard InChI is InChI=1S/C17H14ClFN2O4/c1-25-17(24)10-6-7-12(18)14(8-10)21-15(22)9-20-16(23)11-4-2-3-5-13(11)19/h2-8H,9H2,1H3,(H,20,23)(H,21,22). The lowest BCUT2D eigenvalue weighted by Crippen LogP contribution is -2.33. The van der Waals surface area contributed by atoms with Gasteiger partial charge in [-0.25, -0.2) is 9.18 Å². The van der Waals surface area contributed by atoms with Crippen molar-refractivity contribution >= 4 is 35.1 Å². The Hall–Kier alpha value is -2.93. The van der Waals surface area contributed by atoms with Gasteiger partial charge < -0.3 is 15.4 Å². The van der Waals surface area contributed by atoms with Crippen LogP contribution in [0.2, 0.25) is 5.02 Å². The summed E-state index contributed by atoms with van der Waals surface area (Å²) in [6.07, 6.45) is 0. The number of carbonyl (C=O) groups excluding carboxylic acids is 3. The number of benzene rings is 2. The molecule has 2 aromatic carbocycles. The third kappa shape index (κ3) is 4.77. The normalized spacial score (nSPS) is 10.0. The van der Waals surface area contributed by atoms with Crippen LogP contribution >= 0.6 is 11.6 Å². The van der Waals surface area contributed by atoms with Gasteiger partial charge in [0.1, 0.15) is 5.82 Å². The summed E-state index contributed by atoms with van der Waals surface area (Å²) in [5, 5.41) is 4.98. The molecule has 0 heterocycles. The van der Waals surface area contributed by atoms with E-state index in [1.165, 1.54) is 43.5 Å². The van der Waals surface area contributed by atoms with Crippen LogP contribution in [-0.4, -0.2) is 31.4 Å². The Labute approximate surface area is 147 Å². The van der Waals surface area contributed by atoms with Gasteiger partial charge in [0.05, 0.1) is 35.5 Å². The smallest absolute Gasteiger partial charge is 0.337 e. The van der Waals surface area contributed by atoms with Gasteiger partial charge in [0.15, 0.2) is 0 Å². The fourth-order valence-electron chi connectivity index (χ4n) is 1.96. The van der Waals surface area contributed by atoms with E-state index in [1.54, 1.807) is 0 Å². The van der Waals surface area contributed by atoms with Crippen LogP contribution in [0.25, 0.3) is 0 Å². The van der Waals surface area contributed by atoms with Crippen LogP contribution in [0.4, 0.5) is 10.1 Å². The summed E-state index contributed by atoms with van der Waals surface area (Å²) in [4.78, 5) is 35.3. The van der Waals surface area contributed by atoms with Gasteiger partial charge in [-0.15, -0.1) is 0 Å². The molecule has 6 nitrogen and oxygen atoms in total. The van der Waals surface area contributed by atoms with Crippen LogP contribution < -0.4 is 10.6 Å². The van der Waals surface area contributed by atoms with E-state index in [0.29, 0.717) is 0 Å². The monoisotopic (exact) mass is 364 g/mol. The quantitative estimate of drug-likeness (QED) is 0.799. The van der Waals surface area contributed by atoms with Crippen molar-refractivity contribution in [3.8, 4) is 0 Å². The number of halogens is 2. The van der Waals surface area contributed by atoms with Crippen molar-refractivity contribution in [2.45, 2.75) is 0 Å². The summed E-state index contributed by atoms with van der Waals surface area (Å²) in [5.74, 6) is -2.58. The second kappa shape index (κ2) is 8.25. The van der Waals surface area contributed by atoms with Crippen molar-refractivity contribution in [1.82, 2.24) is 5.32 Å². The Kier molecular flexibility index (Phi) is 6.08. The van der Waals surface area contributed by atoms with Gasteiger partial charge in [-0.3, -0.25) is 9.59 Å². The van der Waals surface area contributed by atoms with Crippen LogP contribution in [0.1, 0.15) is 20.7 Å². The van der Waals surface area contributed by atoms with E-state index < -0.39 is 30.1 Å². The molecule has 0 spiro atoms. The van der Waals surface area contributed by atoms with Crippen LogP contribution in [-0.2, 0) is 9.53 Å². The molecule has 2 rings (SSSR count). The Morgan fingerprint density at radius 3 is 2.56 bits per heavy atom. The van der Waals surface area contributed by atoms with Gasteiger partial charge in [0.2, 0.25) is 5.91 Å². The molecule has 0 aliphatic carbocycles. The minimum absolute atomic E-state index is 0.166. The fourth-order valence-corrected chi connectivity index (χ4v) is 2.13. The second-order valence-electron chi connectivity index (χ2n) is 4.90. The van der Waals surface area contributed by atoms with Crippen LogP contribution in [0.3, 0.4) is 0 Å². The third-order valence-electron chi connectivity index (χ3n) is 3.19. The molecule has 2 amide bonds. The average molecular weight is 365 g/mol. The Morgan fingerprint density at radius 2 is 1.88 bits per heavy atom. The molecule has 2 N–H and O–H groups in total. The molecule has 0 saturated carbocycles. The zero-order valence-electron chi connectivity index (χ0n) is 13.1. The second-order valence-corrected chi connectivity index (χ2v) is 5.30. The van der Waals surface area contributed by atoms with Gasteiger partial charge in [-0.05, 0) is 30.3 Å². The van der Waals surface area contributed by atoms with Gasteiger partial charge in [0.25, 0.3) is 5.91 Å². The molecule has 0 aromatic heterocycles. The predicted octanol–water partition coefficient (Wildman–Crippen LogP) is 2.63. The number of hydrogen-bond acceptors (Lipinski definition) is 4. The number of amides is 2. The maximum absolute atomic E-state index is 13.5. The number of nitrogens with one attached hydrogen (secondary N) is 2. The fraction of sp³-hybridized carbons (Fsp3) is 0.118. The SMILES string of the molecule is COC(=O)c1ccc(Cl)c(NC(=O)CNC(=O)c2ccccc2F)c1. The average Bonchev–Trinajstić information content (AvgIpc) is 2.61. The largest absolute Gasteiger partial charge is 0.465 e. The number of esters is 1. The Balaban J connectivity index is 2.00. The lowest BCUT2D eigenvalue weighted by Gasteiger charge is -2.10. The maximum atomic E-state index is 13.5. The molecule has 0 aliphatic rings. The summed E-state index contributed by atoms with van der Waals surface area (Å²) < 4.78 is 18.1. The molecule has 0 atom stereocenters. The molecule has 8 heteroatoms. The van der Waals surface area contributed by atoms with E-state index in [0.717, 1.165) is 6.07 Å².